The predicted molar refractivity (Wildman–Crippen MR) is 96.0 cm³/mol. The maximum atomic E-state index is 3.23. The fourth-order valence-electron chi connectivity index (χ4n) is 2.54. The number of fused-ring (bicyclic) bond motifs is 1. The predicted octanol–water partition coefficient (Wildman–Crippen LogP) is 3.01. The van der Waals surface area contributed by atoms with E-state index >= 15 is 0 Å². The van der Waals surface area contributed by atoms with Crippen LogP contribution >= 0.6 is 0 Å². The molecule has 0 aliphatic heterocycles. The van der Waals surface area contributed by atoms with Crippen LogP contribution in [0.3, 0.4) is 0 Å². The van der Waals surface area contributed by atoms with E-state index in [1.807, 2.05) is 6.92 Å². The van der Waals surface area contributed by atoms with E-state index in [0.717, 1.165) is 18.5 Å². The van der Waals surface area contributed by atoms with Crippen LogP contribution < -0.4 is 0 Å². The highest BCUT2D eigenvalue weighted by Crippen LogP contribution is 2.23. The monoisotopic (exact) mass is 293 g/mol. The molecule has 0 saturated carbocycles. The van der Waals surface area contributed by atoms with Crippen molar-refractivity contribution >= 4 is 17.0 Å². The zero-order chi connectivity index (χ0) is 16.1. The van der Waals surface area contributed by atoms with E-state index in [4.69, 9.17) is 0 Å². The van der Waals surface area contributed by atoms with Gasteiger partial charge in [0.15, 0.2) is 6.21 Å². The molecule has 0 atom stereocenters. The Morgan fingerprint density at radius 1 is 1.14 bits per heavy atom. The van der Waals surface area contributed by atoms with Crippen LogP contribution in [0.25, 0.3) is 10.8 Å². The second-order valence-corrected chi connectivity index (χ2v) is 6.10. The Morgan fingerprint density at radius 2 is 1.86 bits per heavy atom. The van der Waals surface area contributed by atoms with Crippen LogP contribution in [-0.2, 0) is 6.42 Å². The maximum Gasteiger partial charge on any atom is 0.172 e. The van der Waals surface area contributed by atoms with Crippen LogP contribution in [-0.4, -0.2) is 50.4 Å². The quantitative estimate of drug-likeness (QED) is 0.477. The van der Waals surface area contributed by atoms with Gasteiger partial charge in [0.05, 0.1) is 5.56 Å². The molecule has 2 aromatic carbocycles. The van der Waals surface area contributed by atoms with Gasteiger partial charge in [-0.3, -0.25) is 0 Å². The SMILES string of the molecule is CC#Cc1ccc2ccc(CCN(C)C)cc2c1C=[N+](C)C. The van der Waals surface area contributed by atoms with Crippen LogP contribution in [0.5, 0.6) is 0 Å². The van der Waals surface area contributed by atoms with Crippen molar-refractivity contribution in [2.75, 3.05) is 34.7 Å². The standard InChI is InChI=1S/C20H25N2/c1-6-7-17-10-11-18-9-8-16(12-13-21(2)3)14-19(18)20(17)15-22(4)5/h8-11,14-15H,12-13H2,1-5H3/q+1. The number of hydrogen-bond donors (Lipinski definition) is 0. The first-order valence-electron chi connectivity index (χ1n) is 7.65. The van der Waals surface area contributed by atoms with E-state index < -0.39 is 0 Å². The van der Waals surface area contributed by atoms with Crippen molar-refractivity contribution in [1.82, 2.24) is 4.90 Å². The van der Waals surface area contributed by atoms with Crippen molar-refractivity contribution in [2.45, 2.75) is 13.3 Å². The summed E-state index contributed by atoms with van der Waals surface area (Å²) in [6.07, 6.45) is 3.23. The highest BCUT2D eigenvalue weighted by Gasteiger charge is 2.08. The van der Waals surface area contributed by atoms with Crippen LogP contribution in [0.15, 0.2) is 30.3 Å². The Labute approximate surface area is 134 Å². The molecule has 0 heterocycles. The minimum absolute atomic E-state index is 1.06. The number of likely N-dealkylation sites (N-methyl/N-ethyl adjacent to an activating group) is 1. The molecule has 0 aliphatic carbocycles. The average Bonchev–Trinajstić information content (AvgIpc) is 2.47. The van der Waals surface area contributed by atoms with E-state index in [9.17, 15) is 0 Å². The largest absolute Gasteiger partial charge is 0.309 e. The second-order valence-electron chi connectivity index (χ2n) is 6.10. The molecule has 22 heavy (non-hydrogen) atoms. The highest BCUT2D eigenvalue weighted by molar-refractivity contribution is 6.01. The van der Waals surface area contributed by atoms with Gasteiger partial charge in [-0.05, 0) is 49.8 Å². The van der Waals surface area contributed by atoms with Crippen molar-refractivity contribution in [3.05, 3.63) is 47.0 Å². The van der Waals surface area contributed by atoms with E-state index in [0.29, 0.717) is 0 Å². The average molecular weight is 293 g/mol. The molecule has 114 valence electrons. The molecule has 2 nitrogen and oxygen atoms in total. The molecule has 0 saturated heterocycles. The van der Waals surface area contributed by atoms with Crippen molar-refractivity contribution in [3.63, 3.8) is 0 Å². The van der Waals surface area contributed by atoms with E-state index in [1.54, 1.807) is 0 Å². The summed E-state index contributed by atoms with van der Waals surface area (Å²) in [5, 5.41) is 2.55. The first kappa shape index (κ1) is 16.3. The molecular weight excluding hydrogens is 268 g/mol. The zero-order valence-electron chi connectivity index (χ0n) is 14.3. The summed E-state index contributed by atoms with van der Waals surface area (Å²) < 4.78 is 2.09. The molecule has 0 aromatic heterocycles. The van der Waals surface area contributed by atoms with Gasteiger partial charge in [0, 0.05) is 12.1 Å². The summed E-state index contributed by atoms with van der Waals surface area (Å²) in [6.45, 7) is 2.95. The summed E-state index contributed by atoms with van der Waals surface area (Å²) >= 11 is 0. The molecule has 0 unspecified atom stereocenters. The summed E-state index contributed by atoms with van der Waals surface area (Å²) in [5.41, 5.74) is 3.67. The topological polar surface area (TPSA) is 6.25 Å². The van der Waals surface area contributed by atoms with Gasteiger partial charge in [-0.25, -0.2) is 4.58 Å². The van der Waals surface area contributed by atoms with Crippen LogP contribution in [0.4, 0.5) is 0 Å². The number of hydrogen-bond acceptors (Lipinski definition) is 1. The molecule has 0 radical (unpaired) electrons. The van der Waals surface area contributed by atoms with E-state index in [-0.39, 0.29) is 0 Å². The summed E-state index contributed by atoms with van der Waals surface area (Å²) in [5.74, 6) is 6.25. The third-order valence-corrected chi connectivity index (χ3v) is 3.62. The normalized spacial score (nSPS) is 10.5. The highest BCUT2D eigenvalue weighted by atomic mass is 15.0. The Kier molecular flexibility index (Phi) is 5.35. The molecular formula is C20H25N2+. The minimum Gasteiger partial charge on any atom is -0.309 e. The molecule has 0 amide bonds. The molecule has 0 N–H and O–H groups in total. The van der Waals surface area contributed by atoms with Crippen molar-refractivity contribution < 1.29 is 4.58 Å². The lowest BCUT2D eigenvalue weighted by Crippen LogP contribution is -2.15. The van der Waals surface area contributed by atoms with Crippen LogP contribution in [0.1, 0.15) is 23.6 Å². The maximum absolute atomic E-state index is 3.23. The van der Waals surface area contributed by atoms with Gasteiger partial charge in [0.2, 0.25) is 0 Å². The molecule has 0 aliphatic rings. The van der Waals surface area contributed by atoms with Crippen molar-refractivity contribution in [3.8, 4) is 11.8 Å². The fourth-order valence-corrected chi connectivity index (χ4v) is 2.54. The molecule has 0 fully saturated rings. The smallest absolute Gasteiger partial charge is 0.172 e. The van der Waals surface area contributed by atoms with E-state index in [1.165, 1.54) is 21.9 Å². The van der Waals surface area contributed by atoms with Crippen LogP contribution in [0.2, 0.25) is 0 Å². The minimum atomic E-state index is 1.06. The Morgan fingerprint density at radius 3 is 2.50 bits per heavy atom. The van der Waals surface area contributed by atoms with Gasteiger partial charge in [0.25, 0.3) is 0 Å². The lowest BCUT2D eigenvalue weighted by atomic mass is 9.97. The number of nitrogens with zero attached hydrogens (tertiary/aromatic N) is 2. The molecule has 2 rings (SSSR count). The molecule has 0 spiro atoms. The third-order valence-electron chi connectivity index (χ3n) is 3.62. The zero-order valence-corrected chi connectivity index (χ0v) is 14.3. The molecule has 2 aromatic rings. The summed E-state index contributed by atoms with van der Waals surface area (Å²) in [7, 11) is 8.33. The molecule has 0 bridgehead atoms. The first-order chi connectivity index (χ1) is 10.5. The van der Waals surface area contributed by atoms with Gasteiger partial charge in [0.1, 0.15) is 14.1 Å². The molecule has 2 heteroatoms. The number of benzene rings is 2. The lowest BCUT2D eigenvalue weighted by molar-refractivity contribution is -0.458. The van der Waals surface area contributed by atoms with Gasteiger partial charge >= 0.3 is 0 Å². The first-order valence-corrected chi connectivity index (χ1v) is 7.65. The van der Waals surface area contributed by atoms with Gasteiger partial charge in [-0.2, -0.15) is 0 Å². The lowest BCUT2D eigenvalue weighted by Gasteiger charge is -2.11. The Hall–Kier alpha value is -2.11. The summed E-state index contributed by atoms with van der Waals surface area (Å²) in [6, 6.07) is 11.0. The van der Waals surface area contributed by atoms with Crippen molar-refractivity contribution in [2.24, 2.45) is 0 Å². The second kappa shape index (κ2) is 7.24. The Balaban J connectivity index is 2.60. The fraction of sp³-hybridized carbons (Fsp3) is 0.350. The number of rotatable bonds is 4. The Bertz CT molecular complexity index is 754. The van der Waals surface area contributed by atoms with E-state index in [2.05, 4.69) is 86.1 Å². The van der Waals surface area contributed by atoms with Gasteiger partial charge < -0.3 is 4.90 Å². The van der Waals surface area contributed by atoms with Crippen LogP contribution in [0, 0.1) is 11.8 Å². The third kappa shape index (κ3) is 3.96. The van der Waals surface area contributed by atoms with Gasteiger partial charge in [-0.1, -0.05) is 30.2 Å². The summed E-state index contributed by atoms with van der Waals surface area (Å²) in [4.78, 5) is 2.22. The van der Waals surface area contributed by atoms with Gasteiger partial charge in [-0.15, -0.1) is 5.92 Å². The van der Waals surface area contributed by atoms with Crippen molar-refractivity contribution in [1.29, 1.82) is 0 Å².